The molecule has 0 unspecified atom stereocenters. The number of aromatic nitrogens is 1. The van der Waals surface area contributed by atoms with E-state index in [2.05, 4.69) is 10.3 Å². The Balaban J connectivity index is 1.13. The van der Waals surface area contributed by atoms with Crippen LogP contribution in [0.3, 0.4) is 0 Å². The molecule has 0 spiro atoms. The molecule has 0 radical (unpaired) electrons. The molecule has 0 bridgehead atoms. The van der Waals surface area contributed by atoms with Crippen LogP contribution in [-0.2, 0) is 6.54 Å². The lowest BCUT2D eigenvalue weighted by atomic mass is 10.0. The minimum absolute atomic E-state index is 0.0267. The average molecular weight is 546 g/mol. The maximum atomic E-state index is 11.8. The van der Waals surface area contributed by atoms with Crippen molar-refractivity contribution in [2.75, 3.05) is 24.6 Å². The molecule has 0 saturated carbocycles. The molecule has 210 valence electrons. The van der Waals surface area contributed by atoms with Gasteiger partial charge in [-0.05, 0) is 66.9 Å². The van der Waals surface area contributed by atoms with E-state index in [0.717, 1.165) is 43.5 Å². The number of aromatic amines is 1. The van der Waals surface area contributed by atoms with Gasteiger partial charge in [0.2, 0.25) is 5.56 Å². The summed E-state index contributed by atoms with van der Waals surface area (Å²) < 4.78 is 5.90. The van der Waals surface area contributed by atoms with Gasteiger partial charge in [0.05, 0.1) is 24.8 Å². The second-order valence-corrected chi connectivity index (χ2v) is 9.62. The van der Waals surface area contributed by atoms with Crippen molar-refractivity contribution in [2.45, 2.75) is 38.3 Å². The number of anilines is 1. The van der Waals surface area contributed by atoms with Crippen molar-refractivity contribution in [1.29, 1.82) is 0 Å². The minimum Gasteiger partial charge on any atom is -0.506 e. The van der Waals surface area contributed by atoms with Gasteiger partial charge in [-0.15, -0.1) is 0 Å². The predicted octanol–water partition coefficient (Wildman–Crippen LogP) is 5.18. The number of unbranched alkanes of at least 4 members (excludes halogenated alkanes) is 3. The van der Waals surface area contributed by atoms with Gasteiger partial charge in [0.25, 0.3) is 0 Å². The Kier molecular flexibility index (Phi) is 10.1. The van der Waals surface area contributed by atoms with Gasteiger partial charge >= 0.3 is 6.09 Å². The first-order chi connectivity index (χ1) is 19.4. The summed E-state index contributed by atoms with van der Waals surface area (Å²) in [7, 11) is 0. The number of carbonyl (C=O) groups is 1. The Morgan fingerprint density at radius 3 is 2.55 bits per heavy atom. The highest BCUT2D eigenvalue weighted by atomic mass is 16.5. The Labute approximate surface area is 232 Å². The molecule has 9 heteroatoms. The standard InChI is InChI=1S/C31H35N3O6/c35-27-15-13-25(26-14-16-29(37)33-30(26)27)28(36)20-32-17-6-1-2-7-18-40-24-12-8-9-22(19-24)21-34(31(38)39)23-10-4-3-5-11-23/h3-5,8-16,19,28,32,35-36H,1-2,6-7,17-18,20-21H2,(H,33,37)(H,38,39)/t28-/m0/s1. The van der Waals surface area contributed by atoms with E-state index in [-0.39, 0.29) is 17.9 Å². The highest BCUT2D eigenvalue weighted by molar-refractivity contribution is 5.87. The van der Waals surface area contributed by atoms with Crippen LogP contribution in [0.25, 0.3) is 10.9 Å². The molecule has 0 fully saturated rings. The summed E-state index contributed by atoms with van der Waals surface area (Å²) in [6.45, 7) is 1.93. The maximum Gasteiger partial charge on any atom is 0.412 e. The number of benzene rings is 3. The number of ether oxygens (including phenoxy) is 1. The zero-order valence-electron chi connectivity index (χ0n) is 22.3. The third kappa shape index (κ3) is 7.84. The van der Waals surface area contributed by atoms with Gasteiger partial charge in [-0.1, -0.05) is 49.2 Å². The summed E-state index contributed by atoms with van der Waals surface area (Å²) in [5.41, 5.74) is 2.14. The Morgan fingerprint density at radius 1 is 0.950 bits per heavy atom. The molecule has 1 amide bonds. The minimum atomic E-state index is -1.01. The number of rotatable bonds is 14. The van der Waals surface area contributed by atoms with Crippen LogP contribution in [0, 0.1) is 0 Å². The molecule has 4 rings (SSSR count). The summed E-state index contributed by atoms with van der Waals surface area (Å²) in [5, 5.41) is 34.2. The van der Waals surface area contributed by atoms with Gasteiger partial charge in [0.1, 0.15) is 11.5 Å². The van der Waals surface area contributed by atoms with E-state index in [1.165, 1.54) is 17.0 Å². The number of aliphatic hydroxyl groups is 1. The molecule has 1 atom stereocenters. The van der Waals surface area contributed by atoms with E-state index in [1.54, 1.807) is 24.3 Å². The topological polar surface area (TPSA) is 135 Å². The fraction of sp³-hybridized carbons (Fsp3) is 0.290. The van der Waals surface area contributed by atoms with Gasteiger partial charge in [0, 0.05) is 23.7 Å². The fourth-order valence-electron chi connectivity index (χ4n) is 4.59. The van der Waals surface area contributed by atoms with Gasteiger partial charge < -0.3 is 30.4 Å². The van der Waals surface area contributed by atoms with Crippen molar-refractivity contribution in [1.82, 2.24) is 10.3 Å². The summed E-state index contributed by atoms with van der Waals surface area (Å²) >= 11 is 0. The van der Waals surface area contributed by atoms with Crippen molar-refractivity contribution >= 4 is 22.7 Å². The smallest absolute Gasteiger partial charge is 0.412 e. The maximum absolute atomic E-state index is 11.8. The summed E-state index contributed by atoms with van der Waals surface area (Å²) in [6.07, 6.45) is 2.09. The van der Waals surface area contributed by atoms with Crippen LogP contribution in [-0.4, -0.2) is 46.1 Å². The van der Waals surface area contributed by atoms with Gasteiger partial charge in [-0.2, -0.15) is 0 Å². The Morgan fingerprint density at radius 2 is 1.75 bits per heavy atom. The molecule has 1 heterocycles. The molecule has 0 saturated heterocycles. The first-order valence-corrected chi connectivity index (χ1v) is 13.4. The van der Waals surface area contributed by atoms with Crippen molar-refractivity contribution in [3.63, 3.8) is 0 Å². The lowest BCUT2D eigenvalue weighted by Crippen LogP contribution is -2.28. The third-order valence-electron chi connectivity index (χ3n) is 6.66. The lowest BCUT2D eigenvalue weighted by Gasteiger charge is -2.19. The number of pyridine rings is 1. The van der Waals surface area contributed by atoms with E-state index in [9.17, 15) is 24.9 Å². The number of hydrogen-bond acceptors (Lipinski definition) is 6. The molecule has 40 heavy (non-hydrogen) atoms. The van der Waals surface area contributed by atoms with E-state index in [4.69, 9.17) is 4.74 Å². The van der Waals surface area contributed by atoms with Gasteiger partial charge in [0.15, 0.2) is 0 Å². The largest absolute Gasteiger partial charge is 0.506 e. The van der Waals surface area contributed by atoms with Crippen molar-refractivity contribution in [2.24, 2.45) is 0 Å². The first kappa shape index (κ1) is 28.7. The van der Waals surface area contributed by atoms with Crippen LogP contribution in [0.4, 0.5) is 10.5 Å². The summed E-state index contributed by atoms with van der Waals surface area (Å²) in [4.78, 5) is 27.2. The van der Waals surface area contributed by atoms with Crippen LogP contribution < -0.4 is 20.5 Å². The summed E-state index contributed by atoms with van der Waals surface area (Å²) in [6, 6.07) is 22.7. The van der Waals surface area contributed by atoms with E-state index in [0.29, 0.717) is 35.3 Å². The quantitative estimate of drug-likeness (QED) is 0.138. The zero-order valence-corrected chi connectivity index (χ0v) is 22.3. The Bertz CT molecular complexity index is 1460. The Hall–Kier alpha value is -4.34. The van der Waals surface area contributed by atoms with Gasteiger partial charge in [-0.25, -0.2) is 4.79 Å². The SMILES string of the molecule is O=C(O)N(Cc1cccc(OCCCCCCNC[C@H](O)c2ccc(O)c3[nH]c(=O)ccc23)c1)c1ccccc1. The lowest BCUT2D eigenvalue weighted by molar-refractivity contribution is 0.176. The average Bonchev–Trinajstić information content (AvgIpc) is 2.96. The first-order valence-electron chi connectivity index (χ1n) is 13.4. The molecule has 0 aliphatic carbocycles. The van der Waals surface area contributed by atoms with Crippen LogP contribution in [0.1, 0.15) is 42.9 Å². The predicted molar refractivity (Wildman–Crippen MR) is 155 cm³/mol. The molecule has 9 nitrogen and oxygen atoms in total. The number of hydrogen-bond donors (Lipinski definition) is 5. The van der Waals surface area contributed by atoms with E-state index in [1.807, 2.05) is 42.5 Å². The monoisotopic (exact) mass is 545 g/mol. The van der Waals surface area contributed by atoms with Crippen molar-refractivity contribution in [3.05, 3.63) is 100 Å². The number of aliphatic hydroxyl groups excluding tert-OH is 1. The number of nitrogens with zero attached hydrogens (tertiary/aromatic N) is 1. The summed E-state index contributed by atoms with van der Waals surface area (Å²) in [5.74, 6) is 0.693. The van der Waals surface area contributed by atoms with Crippen molar-refractivity contribution < 1.29 is 24.9 Å². The number of phenols is 1. The van der Waals surface area contributed by atoms with Gasteiger partial charge in [-0.3, -0.25) is 9.69 Å². The highest BCUT2D eigenvalue weighted by Crippen LogP contribution is 2.28. The molecule has 1 aromatic heterocycles. The number of H-pyrrole nitrogens is 1. The molecular formula is C31H35N3O6. The number of carboxylic acid groups (broad SMARTS) is 1. The fourth-order valence-corrected chi connectivity index (χ4v) is 4.59. The second-order valence-electron chi connectivity index (χ2n) is 9.62. The number of fused-ring (bicyclic) bond motifs is 1. The van der Waals surface area contributed by atoms with E-state index >= 15 is 0 Å². The number of para-hydroxylation sites is 1. The molecule has 0 aliphatic heterocycles. The second kappa shape index (κ2) is 14.2. The van der Waals surface area contributed by atoms with Crippen LogP contribution in [0.15, 0.2) is 83.7 Å². The van der Waals surface area contributed by atoms with Crippen molar-refractivity contribution in [3.8, 4) is 11.5 Å². The highest BCUT2D eigenvalue weighted by Gasteiger charge is 2.15. The van der Waals surface area contributed by atoms with Crippen LogP contribution in [0.2, 0.25) is 0 Å². The number of nitrogens with one attached hydrogen (secondary N) is 2. The number of aromatic hydroxyl groups is 1. The molecule has 4 aromatic rings. The van der Waals surface area contributed by atoms with Crippen LogP contribution in [0.5, 0.6) is 11.5 Å². The van der Waals surface area contributed by atoms with Crippen LogP contribution >= 0.6 is 0 Å². The number of phenolic OH excluding ortho intramolecular Hbond substituents is 1. The number of amides is 1. The molecule has 3 aromatic carbocycles. The normalized spacial score (nSPS) is 11.8. The zero-order chi connectivity index (χ0) is 28.3. The van der Waals surface area contributed by atoms with E-state index < -0.39 is 12.2 Å². The molecule has 5 N–H and O–H groups in total. The molecular weight excluding hydrogens is 510 g/mol. The molecule has 0 aliphatic rings. The third-order valence-corrected chi connectivity index (χ3v) is 6.66.